The van der Waals surface area contributed by atoms with E-state index in [4.69, 9.17) is 4.99 Å². The van der Waals surface area contributed by atoms with Crippen molar-refractivity contribution in [3.8, 4) is 0 Å². The molecule has 112 valence electrons. The molecule has 3 nitrogen and oxygen atoms in total. The van der Waals surface area contributed by atoms with Gasteiger partial charge in [-0.3, -0.25) is 4.99 Å². The van der Waals surface area contributed by atoms with Gasteiger partial charge in [0.05, 0.1) is 12.0 Å². The zero-order valence-corrected chi connectivity index (χ0v) is 12.2. The van der Waals surface area contributed by atoms with E-state index < -0.39 is 12.1 Å². The molecule has 0 spiro atoms. The van der Waals surface area contributed by atoms with Crippen molar-refractivity contribution in [1.82, 2.24) is 4.90 Å². The largest absolute Gasteiger partial charge is 0.372 e. The van der Waals surface area contributed by atoms with Crippen molar-refractivity contribution in [2.45, 2.75) is 44.9 Å². The summed E-state index contributed by atoms with van der Waals surface area (Å²) in [7, 11) is 0. The van der Waals surface area contributed by atoms with Crippen molar-refractivity contribution >= 4 is 5.84 Å². The smallest absolute Gasteiger partial charge is 0.143 e. The van der Waals surface area contributed by atoms with Crippen molar-refractivity contribution in [1.29, 1.82) is 0 Å². The molecule has 0 aromatic carbocycles. The number of fused-ring (bicyclic) bond motifs is 1. The number of amidine groups is 1. The Morgan fingerprint density at radius 3 is 3.00 bits per heavy atom. The lowest BCUT2D eigenvalue weighted by molar-refractivity contribution is 0.0111. The lowest BCUT2D eigenvalue weighted by Crippen LogP contribution is -2.51. The second-order valence-electron chi connectivity index (χ2n) is 5.64. The molecule has 1 N–H and O–H groups in total. The first-order valence-corrected chi connectivity index (χ1v) is 7.67. The first-order valence-electron chi connectivity index (χ1n) is 7.67. The molecular formula is C17H21FN2O. The highest BCUT2D eigenvalue weighted by atomic mass is 19.1. The number of rotatable bonds is 3. The number of nitrogens with zero attached hydrogens (tertiary/aromatic N) is 2. The predicted octanol–water partition coefficient (Wildman–Crippen LogP) is 3.46. The van der Waals surface area contributed by atoms with E-state index in [9.17, 15) is 9.50 Å². The second-order valence-corrected chi connectivity index (χ2v) is 5.64. The molecule has 0 aromatic rings. The number of allylic oxidation sites excluding steroid dienone is 5. The topological polar surface area (TPSA) is 35.8 Å². The van der Waals surface area contributed by atoms with Crippen LogP contribution in [0.5, 0.6) is 0 Å². The minimum Gasteiger partial charge on any atom is -0.372 e. The Labute approximate surface area is 124 Å². The molecule has 0 radical (unpaired) electrons. The van der Waals surface area contributed by atoms with Crippen LogP contribution in [0.25, 0.3) is 0 Å². The van der Waals surface area contributed by atoms with E-state index in [-0.39, 0.29) is 11.9 Å². The molecule has 3 unspecified atom stereocenters. The van der Waals surface area contributed by atoms with E-state index in [2.05, 4.69) is 19.1 Å². The molecule has 0 saturated carbocycles. The molecular weight excluding hydrogens is 267 g/mol. The molecule has 1 heterocycles. The van der Waals surface area contributed by atoms with Gasteiger partial charge in [-0.2, -0.15) is 0 Å². The van der Waals surface area contributed by atoms with Gasteiger partial charge in [0.2, 0.25) is 0 Å². The van der Waals surface area contributed by atoms with Gasteiger partial charge in [0, 0.05) is 12.1 Å². The zero-order chi connectivity index (χ0) is 14.8. The first kappa shape index (κ1) is 14.3. The van der Waals surface area contributed by atoms with E-state index in [1.165, 1.54) is 6.08 Å². The van der Waals surface area contributed by atoms with E-state index >= 15 is 0 Å². The molecule has 0 fully saturated rings. The van der Waals surface area contributed by atoms with Gasteiger partial charge >= 0.3 is 0 Å². The first-order chi connectivity index (χ1) is 10.2. The fourth-order valence-corrected chi connectivity index (χ4v) is 3.13. The molecule has 3 rings (SSSR count). The summed E-state index contributed by atoms with van der Waals surface area (Å²) >= 11 is 0. The third-order valence-corrected chi connectivity index (χ3v) is 4.14. The molecule has 21 heavy (non-hydrogen) atoms. The van der Waals surface area contributed by atoms with Crippen LogP contribution in [0.4, 0.5) is 4.39 Å². The van der Waals surface area contributed by atoms with Gasteiger partial charge in [-0.15, -0.1) is 0 Å². The standard InChI is InChI=1S/C17H21FN2O/c1-2-7-15-19-14-11-6-10-13(18)16(14)17(21)20(15)12-8-4-3-5-9-12/h4,6,8-11,14,16-17,21H,2-3,5,7H2,1H3. The molecule has 0 saturated heterocycles. The maximum Gasteiger partial charge on any atom is 0.143 e. The maximum atomic E-state index is 14.1. The Bertz CT molecular complexity index is 559. The molecule has 0 bridgehead atoms. The van der Waals surface area contributed by atoms with Crippen LogP contribution >= 0.6 is 0 Å². The molecule has 3 aliphatic rings. The molecule has 3 atom stereocenters. The van der Waals surface area contributed by atoms with Crippen molar-refractivity contribution in [3.63, 3.8) is 0 Å². The summed E-state index contributed by atoms with van der Waals surface area (Å²) in [5.74, 6) is -0.0464. The highest BCUT2D eigenvalue weighted by Crippen LogP contribution is 2.36. The van der Waals surface area contributed by atoms with Crippen molar-refractivity contribution in [3.05, 3.63) is 48.0 Å². The summed E-state index contributed by atoms with van der Waals surface area (Å²) < 4.78 is 14.1. The summed E-state index contributed by atoms with van der Waals surface area (Å²) in [6.45, 7) is 2.08. The lowest BCUT2D eigenvalue weighted by atomic mass is 9.89. The summed E-state index contributed by atoms with van der Waals surface area (Å²) in [6, 6.07) is -0.295. The predicted molar refractivity (Wildman–Crippen MR) is 82.3 cm³/mol. The monoisotopic (exact) mass is 288 g/mol. The Balaban J connectivity index is 1.99. The van der Waals surface area contributed by atoms with E-state index in [0.717, 1.165) is 37.2 Å². The summed E-state index contributed by atoms with van der Waals surface area (Å²) in [5.41, 5.74) is 0.932. The summed E-state index contributed by atoms with van der Waals surface area (Å²) in [5, 5.41) is 10.7. The van der Waals surface area contributed by atoms with Crippen LogP contribution in [0, 0.1) is 5.92 Å². The number of aliphatic hydroxyl groups is 1. The average Bonchev–Trinajstić information content (AvgIpc) is 2.48. The van der Waals surface area contributed by atoms with Crippen molar-refractivity contribution in [2.75, 3.05) is 0 Å². The molecule has 4 heteroatoms. The van der Waals surface area contributed by atoms with E-state index in [1.807, 2.05) is 17.1 Å². The number of halogens is 1. The van der Waals surface area contributed by atoms with E-state index in [1.54, 1.807) is 6.08 Å². The van der Waals surface area contributed by atoms with Crippen LogP contribution in [0.2, 0.25) is 0 Å². The molecule has 0 aromatic heterocycles. The highest BCUT2D eigenvalue weighted by Gasteiger charge is 2.41. The van der Waals surface area contributed by atoms with Crippen LogP contribution < -0.4 is 0 Å². The minimum atomic E-state index is -0.899. The van der Waals surface area contributed by atoms with Crippen LogP contribution in [0.1, 0.15) is 32.6 Å². The number of aliphatic hydroxyl groups excluding tert-OH is 1. The fraction of sp³-hybridized carbons (Fsp3) is 0.471. The third-order valence-electron chi connectivity index (χ3n) is 4.14. The number of hydrogen-bond donors (Lipinski definition) is 1. The maximum absolute atomic E-state index is 14.1. The van der Waals surface area contributed by atoms with Gasteiger partial charge < -0.3 is 10.0 Å². The van der Waals surface area contributed by atoms with Crippen molar-refractivity contribution in [2.24, 2.45) is 10.9 Å². The summed E-state index contributed by atoms with van der Waals surface area (Å²) in [4.78, 5) is 6.50. The molecule has 0 amide bonds. The lowest BCUT2D eigenvalue weighted by Gasteiger charge is -2.42. The minimum absolute atomic E-state index is 0.292. The number of aliphatic imine (C=N–C) groups is 1. The Morgan fingerprint density at radius 1 is 1.43 bits per heavy atom. The van der Waals surface area contributed by atoms with Gasteiger partial charge in [-0.05, 0) is 31.4 Å². The van der Waals surface area contributed by atoms with E-state index in [0.29, 0.717) is 0 Å². The normalized spacial score (nSPS) is 31.5. The highest BCUT2D eigenvalue weighted by molar-refractivity contribution is 5.86. The van der Waals surface area contributed by atoms with Crippen molar-refractivity contribution < 1.29 is 9.50 Å². The van der Waals surface area contributed by atoms with Gasteiger partial charge in [-0.1, -0.05) is 31.2 Å². The van der Waals surface area contributed by atoms with Crippen LogP contribution in [-0.4, -0.2) is 28.1 Å². The van der Waals surface area contributed by atoms with Crippen LogP contribution in [0.15, 0.2) is 53.0 Å². The Kier molecular flexibility index (Phi) is 4.06. The Hall–Kier alpha value is -1.68. The van der Waals surface area contributed by atoms with Crippen LogP contribution in [0.3, 0.4) is 0 Å². The molecule has 1 aliphatic heterocycles. The van der Waals surface area contributed by atoms with Crippen LogP contribution in [-0.2, 0) is 0 Å². The fourth-order valence-electron chi connectivity index (χ4n) is 3.13. The second kappa shape index (κ2) is 5.98. The molecule has 2 aliphatic carbocycles. The van der Waals surface area contributed by atoms with Gasteiger partial charge in [0.1, 0.15) is 17.9 Å². The quantitative estimate of drug-likeness (QED) is 0.863. The van der Waals surface area contributed by atoms with Gasteiger partial charge in [0.15, 0.2) is 0 Å². The SMILES string of the molecule is CCCC1=NC2C=CC=C(F)C2C(O)N1C1=CCCC=C1. The summed E-state index contributed by atoms with van der Waals surface area (Å²) in [6.07, 6.45) is 13.9. The van der Waals surface area contributed by atoms with Gasteiger partial charge in [0.25, 0.3) is 0 Å². The average molecular weight is 288 g/mol. The Morgan fingerprint density at radius 2 is 2.29 bits per heavy atom. The third kappa shape index (κ3) is 2.60. The van der Waals surface area contributed by atoms with Gasteiger partial charge in [-0.25, -0.2) is 4.39 Å². The number of hydrogen-bond acceptors (Lipinski definition) is 3. The zero-order valence-electron chi connectivity index (χ0n) is 12.2.